The number of hydrogen-bond acceptors (Lipinski definition) is 4. The molecule has 11 heavy (non-hydrogen) atoms. The third-order valence-corrected chi connectivity index (χ3v) is 1.35. The number of morpholine rings is 1. The van der Waals surface area contributed by atoms with Crippen LogP contribution in [0.3, 0.4) is 0 Å². The molecule has 1 rings (SSSR count). The number of ether oxygens (including phenoxy) is 2. The van der Waals surface area contributed by atoms with E-state index in [2.05, 4.69) is 10.1 Å². The molecule has 0 bridgehead atoms. The number of methoxy groups -OCH3 is 1. The van der Waals surface area contributed by atoms with E-state index in [1.807, 2.05) is 0 Å². The summed E-state index contributed by atoms with van der Waals surface area (Å²) in [7, 11) is 1.35. The van der Waals surface area contributed by atoms with Gasteiger partial charge in [0.1, 0.15) is 0 Å². The lowest BCUT2D eigenvalue weighted by molar-refractivity contribution is -0.135. The van der Waals surface area contributed by atoms with Crippen LogP contribution in [0.5, 0.6) is 0 Å². The molecule has 0 unspecified atom stereocenters. The van der Waals surface area contributed by atoms with E-state index in [4.69, 9.17) is 4.74 Å². The van der Waals surface area contributed by atoms with Crippen LogP contribution < -0.4 is 5.32 Å². The molecular weight excluding hydrogens is 146 g/mol. The Morgan fingerprint density at radius 2 is 2.64 bits per heavy atom. The van der Waals surface area contributed by atoms with Crippen molar-refractivity contribution < 1.29 is 14.3 Å². The minimum Gasteiger partial charge on any atom is -0.466 e. The van der Waals surface area contributed by atoms with E-state index in [1.165, 1.54) is 13.2 Å². The number of rotatable bonds is 1. The maximum absolute atomic E-state index is 10.7. The second kappa shape index (κ2) is 3.98. The third kappa shape index (κ3) is 2.59. The van der Waals surface area contributed by atoms with E-state index in [1.54, 1.807) is 0 Å². The van der Waals surface area contributed by atoms with Crippen molar-refractivity contribution in [3.63, 3.8) is 0 Å². The molecule has 4 heteroatoms. The molecule has 0 aromatic rings. The number of nitrogens with one attached hydrogen (secondary N) is 1. The number of carbonyl (C=O) groups excluding carboxylic acids is 1. The smallest absolute Gasteiger partial charge is 0.332 e. The standard InChI is InChI=1S/C7H11NO3/c1-10-7(9)4-6-5-11-3-2-8-6/h4,8H,2-3,5H2,1H3/b6-4-. The first-order valence-corrected chi connectivity index (χ1v) is 3.43. The minimum atomic E-state index is -0.349. The highest BCUT2D eigenvalue weighted by atomic mass is 16.5. The molecule has 0 aromatic heterocycles. The highest BCUT2D eigenvalue weighted by Gasteiger charge is 2.05. The van der Waals surface area contributed by atoms with Crippen LogP contribution in [0.15, 0.2) is 11.8 Å². The van der Waals surface area contributed by atoms with E-state index in [-0.39, 0.29) is 5.97 Å². The van der Waals surface area contributed by atoms with Gasteiger partial charge in [0.25, 0.3) is 0 Å². The summed E-state index contributed by atoms with van der Waals surface area (Å²) in [5.41, 5.74) is 0.781. The van der Waals surface area contributed by atoms with Gasteiger partial charge in [-0.25, -0.2) is 4.79 Å². The molecule has 0 aliphatic carbocycles. The van der Waals surface area contributed by atoms with Crippen LogP contribution in [-0.4, -0.2) is 32.8 Å². The SMILES string of the molecule is COC(=O)/C=C1/COCCN1. The summed E-state index contributed by atoms with van der Waals surface area (Å²) < 4.78 is 9.53. The molecule has 1 saturated heterocycles. The van der Waals surface area contributed by atoms with Gasteiger partial charge >= 0.3 is 5.97 Å². The van der Waals surface area contributed by atoms with Crippen LogP contribution in [0, 0.1) is 0 Å². The van der Waals surface area contributed by atoms with Gasteiger partial charge < -0.3 is 14.8 Å². The van der Waals surface area contributed by atoms with Gasteiger partial charge in [-0.05, 0) is 0 Å². The Balaban J connectivity index is 2.43. The van der Waals surface area contributed by atoms with Gasteiger partial charge in [-0.15, -0.1) is 0 Å². The summed E-state index contributed by atoms with van der Waals surface area (Å²) in [6, 6.07) is 0. The van der Waals surface area contributed by atoms with E-state index in [0.29, 0.717) is 13.2 Å². The predicted molar refractivity (Wildman–Crippen MR) is 38.9 cm³/mol. The zero-order chi connectivity index (χ0) is 8.10. The van der Waals surface area contributed by atoms with Crippen LogP contribution in [0.4, 0.5) is 0 Å². The van der Waals surface area contributed by atoms with Gasteiger partial charge in [0.2, 0.25) is 0 Å². The normalized spacial score (nSPS) is 21.0. The number of esters is 1. The Hall–Kier alpha value is -1.03. The summed E-state index contributed by atoms with van der Waals surface area (Å²) in [6.07, 6.45) is 1.40. The lowest BCUT2D eigenvalue weighted by Gasteiger charge is -2.16. The van der Waals surface area contributed by atoms with Crippen LogP contribution in [0.1, 0.15) is 0 Å². The first-order valence-electron chi connectivity index (χ1n) is 3.43. The van der Waals surface area contributed by atoms with Crippen molar-refractivity contribution in [2.75, 3.05) is 26.9 Å². The molecular formula is C7H11NO3. The summed E-state index contributed by atoms with van der Waals surface area (Å²) in [5, 5.41) is 3.02. The third-order valence-electron chi connectivity index (χ3n) is 1.35. The van der Waals surface area contributed by atoms with Crippen molar-refractivity contribution in [1.29, 1.82) is 0 Å². The van der Waals surface area contributed by atoms with Crippen molar-refractivity contribution in [2.24, 2.45) is 0 Å². The van der Waals surface area contributed by atoms with Gasteiger partial charge in [0.15, 0.2) is 0 Å². The summed E-state index contributed by atoms with van der Waals surface area (Å²) in [5.74, 6) is -0.349. The summed E-state index contributed by atoms with van der Waals surface area (Å²) in [4.78, 5) is 10.7. The van der Waals surface area contributed by atoms with E-state index >= 15 is 0 Å². The zero-order valence-corrected chi connectivity index (χ0v) is 6.42. The molecule has 0 atom stereocenters. The Morgan fingerprint density at radius 1 is 1.82 bits per heavy atom. The molecule has 0 spiro atoms. The fraction of sp³-hybridized carbons (Fsp3) is 0.571. The van der Waals surface area contributed by atoms with E-state index in [9.17, 15) is 4.79 Å². The molecule has 1 heterocycles. The average molecular weight is 157 g/mol. The molecule has 1 aliphatic heterocycles. The second-order valence-corrected chi connectivity index (χ2v) is 2.17. The lowest BCUT2D eigenvalue weighted by Crippen LogP contribution is -2.29. The van der Waals surface area contributed by atoms with Crippen molar-refractivity contribution in [3.8, 4) is 0 Å². The molecule has 0 aromatic carbocycles. The Morgan fingerprint density at radius 3 is 3.18 bits per heavy atom. The highest BCUT2D eigenvalue weighted by Crippen LogP contribution is 1.96. The molecule has 0 saturated carbocycles. The van der Waals surface area contributed by atoms with Gasteiger partial charge in [0, 0.05) is 18.3 Å². The molecule has 1 aliphatic rings. The van der Waals surface area contributed by atoms with Crippen LogP contribution in [-0.2, 0) is 14.3 Å². The van der Waals surface area contributed by atoms with Crippen molar-refractivity contribution in [2.45, 2.75) is 0 Å². The number of carbonyl (C=O) groups is 1. The lowest BCUT2D eigenvalue weighted by atomic mass is 10.3. The summed E-state index contributed by atoms with van der Waals surface area (Å²) in [6.45, 7) is 1.91. The van der Waals surface area contributed by atoms with Crippen molar-refractivity contribution >= 4 is 5.97 Å². The first-order chi connectivity index (χ1) is 5.33. The van der Waals surface area contributed by atoms with Crippen LogP contribution >= 0.6 is 0 Å². The molecule has 0 amide bonds. The van der Waals surface area contributed by atoms with Crippen LogP contribution in [0.25, 0.3) is 0 Å². The monoisotopic (exact) mass is 157 g/mol. The Labute approximate surface area is 65.2 Å². The fourth-order valence-electron chi connectivity index (χ4n) is 0.811. The molecule has 1 N–H and O–H groups in total. The van der Waals surface area contributed by atoms with Crippen LogP contribution in [0.2, 0.25) is 0 Å². The average Bonchev–Trinajstić information content (AvgIpc) is 2.06. The molecule has 62 valence electrons. The second-order valence-electron chi connectivity index (χ2n) is 2.17. The quantitative estimate of drug-likeness (QED) is 0.418. The van der Waals surface area contributed by atoms with Gasteiger partial charge in [-0.2, -0.15) is 0 Å². The van der Waals surface area contributed by atoms with Gasteiger partial charge in [-0.3, -0.25) is 0 Å². The topological polar surface area (TPSA) is 47.6 Å². The highest BCUT2D eigenvalue weighted by molar-refractivity contribution is 5.82. The van der Waals surface area contributed by atoms with E-state index < -0.39 is 0 Å². The summed E-state index contributed by atoms with van der Waals surface area (Å²) >= 11 is 0. The molecule has 0 radical (unpaired) electrons. The fourth-order valence-corrected chi connectivity index (χ4v) is 0.811. The Kier molecular flexibility index (Phi) is 2.92. The zero-order valence-electron chi connectivity index (χ0n) is 6.42. The number of hydrogen-bond donors (Lipinski definition) is 1. The van der Waals surface area contributed by atoms with Crippen molar-refractivity contribution in [3.05, 3.63) is 11.8 Å². The molecule has 4 nitrogen and oxygen atoms in total. The molecule has 1 fully saturated rings. The Bertz CT molecular complexity index is 169. The van der Waals surface area contributed by atoms with Gasteiger partial charge in [0.05, 0.1) is 20.3 Å². The largest absolute Gasteiger partial charge is 0.466 e. The first kappa shape index (κ1) is 8.07. The minimum absolute atomic E-state index is 0.349. The maximum Gasteiger partial charge on any atom is 0.332 e. The van der Waals surface area contributed by atoms with E-state index in [0.717, 1.165) is 12.2 Å². The predicted octanol–water partition coefficient (Wildman–Crippen LogP) is -0.337. The maximum atomic E-state index is 10.7. The van der Waals surface area contributed by atoms with Crippen molar-refractivity contribution in [1.82, 2.24) is 5.32 Å². The van der Waals surface area contributed by atoms with Gasteiger partial charge in [-0.1, -0.05) is 0 Å².